The normalized spacial score (nSPS) is 30.8. The van der Waals surface area contributed by atoms with Crippen molar-refractivity contribution in [3.05, 3.63) is 22.4 Å². The first-order valence-electron chi connectivity index (χ1n) is 8.60. The molecule has 3 rings (SSSR count). The Labute approximate surface area is 158 Å². The fourth-order valence-corrected chi connectivity index (χ4v) is 4.25. The number of nitrogens with zero attached hydrogens (tertiary/aromatic N) is 1. The van der Waals surface area contributed by atoms with Crippen LogP contribution in [0, 0.1) is 5.92 Å². The Hall–Kier alpha value is -0.700. The number of aliphatic hydroxyl groups excluding tert-OH is 2. The van der Waals surface area contributed by atoms with Gasteiger partial charge in [-0.15, -0.1) is 23.7 Å². The summed E-state index contributed by atoms with van der Waals surface area (Å²) in [5.41, 5.74) is 0. The number of likely N-dealkylation sites (tertiary alicyclic amines) is 1. The van der Waals surface area contributed by atoms with Crippen LogP contribution in [-0.2, 0) is 4.74 Å². The minimum absolute atomic E-state index is 0. The molecule has 3 heterocycles. The molecule has 1 amide bonds. The van der Waals surface area contributed by atoms with Gasteiger partial charge in [-0.25, -0.2) is 0 Å². The first kappa shape index (κ1) is 20.6. The lowest BCUT2D eigenvalue weighted by atomic mass is 9.94. The maximum atomic E-state index is 12.1. The lowest BCUT2D eigenvalue weighted by Gasteiger charge is -2.38. The zero-order chi connectivity index (χ0) is 17.1. The average Bonchev–Trinajstić information content (AvgIpc) is 3.22. The molecule has 8 heteroatoms. The minimum atomic E-state index is -0.730. The van der Waals surface area contributed by atoms with Gasteiger partial charge >= 0.3 is 0 Å². The summed E-state index contributed by atoms with van der Waals surface area (Å²) in [5.74, 6) is 0.577. The molecule has 4 atom stereocenters. The van der Waals surface area contributed by atoms with E-state index in [9.17, 15) is 15.0 Å². The smallest absolute Gasteiger partial charge is 0.261 e. The summed E-state index contributed by atoms with van der Waals surface area (Å²) in [6, 6.07) is 3.44. The maximum absolute atomic E-state index is 12.1. The van der Waals surface area contributed by atoms with E-state index in [4.69, 9.17) is 4.74 Å². The zero-order valence-electron chi connectivity index (χ0n) is 14.3. The van der Waals surface area contributed by atoms with Crippen LogP contribution in [0.1, 0.15) is 29.4 Å². The summed E-state index contributed by atoms with van der Waals surface area (Å²) in [6.07, 6.45) is 0.572. The lowest BCUT2D eigenvalue weighted by molar-refractivity contribution is -0.0209. The molecule has 1 aromatic rings. The Morgan fingerprint density at radius 2 is 2.12 bits per heavy atom. The van der Waals surface area contributed by atoms with Crippen LogP contribution in [0.3, 0.4) is 0 Å². The third-order valence-corrected chi connectivity index (χ3v) is 5.96. The van der Waals surface area contributed by atoms with E-state index in [2.05, 4.69) is 17.1 Å². The van der Waals surface area contributed by atoms with Crippen LogP contribution in [-0.4, -0.2) is 71.6 Å². The largest absolute Gasteiger partial charge is 0.394 e. The van der Waals surface area contributed by atoms with Gasteiger partial charge in [-0.05, 0) is 43.3 Å². The Morgan fingerprint density at radius 3 is 2.72 bits per heavy atom. The van der Waals surface area contributed by atoms with Gasteiger partial charge in [-0.3, -0.25) is 9.69 Å². The molecule has 0 bridgehead atoms. The van der Waals surface area contributed by atoms with Gasteiger partial charge in [-0.2, -0.15) is 0 Å². The molecule has 2 aliphatic heterocycles. The summed E-state index contributed by atoms with van der Waals surface area (Å²) in [7, 11) is 0. The Bertz CT molecular complexity index is 537. The highest BCUT2D eigenvalue weighted by Gasteiger charge is 2.46. The van der Waals surface area contributed by atoms with Crippen molar-refractivity contribution in [2.45, 2.75) is 44.1 Å². The number of carbonyl (C=O) groups excluding carboxylic acids is 1. The van der Waals surface area contributed by atoms with Crippen LogP contribution in [0.2, 0.25) is 0 Å². The molecule has 1 aromatic heterocycles. The maximum Gasteiger partial charge on any atom is 0.261 e. The van der Waals surface area contributed by atoms with Gasteiger partial charge in [0.25, 0.3) is 5.91 Å². The first-order valence-corrected chi connectivity index (χ1v) is 9.48. The van der Waals surface area contributed by atoms with Crippen molar-refractivity contribution in [3.63, 3.8) is 0 Å². The topological polar surface area (TPSA) is 82.0 Å². The summed E-state index contributed by atoms with van der Waals surface area (Å²) in [6.45, 7) is 4.20. The molecule has 25 heavy (non-hydrogen) atoms. The second-order valence-corrected chi connectivity index (χ2v) is 7.73. The van der Waals surface area contributed by atoms with Crippen LogP contribution in [0.5, 0.6) is 0 Å². The van der Waals surface area contributed by atoms with Gasteiger partial charge in [0.1, 0.15) is 12.2 Å². The van der Waals surface area contributed by atoms with Crippen molar-refractivity contribution in [2.75, 3.05) is 26.2 Å². The fourth-order valence-electron chi connectivity index (χ4n) is 3.61. The monoisotopic (exact) mass is 390 g/mol. The summed E-state index contributed by atoms with van der Waals surface area (Å²) >= 11 is 1.40. The van der Waals surface area contributed by atoms with Gasteiger partial charge in [0.15, 0.2) is 0 Å². The number of rotatable bonds is 5. The summed E-state index contributed by atoms with van der Waals surface area (Å²) in [5, 5.41) is 24.8. The van der Waals surface area contributed by atoms with Crippen molar-refractivity contribution in [1.82, 2.24) is 10.2 Å². The molecule has 0 saturated carbocycles. The predicted molar refractivity (Wildman–Crippen MR) is 99.4 cm³/mol. The minimum Gasteiger partial charge on any atom is -0.394 e. The molecule has 6 nitrogen and oxygen atoms in total. The number of carbonyl (C=O) groups is 1. The van der Waals surface area contributed by atoms with Crippen LogP contribution in [0.25, 0.3) is 0 Å². The number of aliphatic hydroxyl groups is 2. The molecule has 142 valence electrons. The summed E-state index contributed by atoms with van der Waals surface area (Å²) in [4.78, 5) is 15.1. The highest BCUT2D eigenvalue weighted by molar-refractivity contribution is 7.12. The van der Waals surface area contributed by atoms with E-state index < -0.39 is 12.2 Å². The van der Waals surface area contributed by atoms with Gasteiger partial charge in [0.05, 0.1) is 23.6 Å². The first-order chi connectivity index (χ1) is 11.6. The predicted octanol–water partition coefficient (Wildman–Crippen LogP) is 1.12. The second-order valence-electron chi connectivity index (χ2n) is 6.78. The van der Waals surface area contributed by atoms with Crippen molar-refractivity contribution < 1.29 is 19.7 Å². The van der Waals surface area contributed by atoms with Crippen molar-refractivity contribution in [3.8, 4) is 0 Å². The molecule has 0 aromatic carbocycles. The number of nitrogens with one attached hydrogen (secondary N) is 1. The standard InChI is InChI=1S/C17H26N2O4S.ClH/c1-11-4-6-19(7-5-11)15-12(23-13(10-20)16(15)21)9-18-17(22)14-3-2-8-24-14;/h2-3,8,11-13,15-16,20-21H,4-7,9-10H2,1H3,(H,18,22);1H/t12-,13+,15+,16-;/m1./s1. The molecule has 2 fully saturated rings. The van der Waals surface area contributed by atoms with Crippen molar-refractivity contribution in [2.24, 2.45) is 5.92 Å². The summed E-state index contributed by atoms with van der Waals surface area (Å²) < 4.78 is 5.83. The number of thiophene rings is 1. The van der Waals surface area contributed by atoms with Crippen LogP contribution >= 0.6 is 23.7 Å². The van der Waals surface area contributed by atoms with Crippen LogP contribution < -0.4 is 5.32 Å². The highest BCUT2D eigenvalue weighted by atomic mass is 35.5. The third-order valence-electron chi connectivity index (χ3n) is 5.09. The van der Waals surface area contributed by atoms with E-state index in [1.165, 1.54) is 11.3 Å². The molecular formula is C17H27ClN2O4S. The zero-order valence-corrected chi connectivity index (χ0v) is 16.0. The molecule has 0 aliphatic carbocycles. The lowest BCUT2D eigenvalue weighted by Crippen LogP contribution is -2.53. The molecule has 3 N–H and O–H groups in total. The number of hydrogen-bond acceptors (Lipinski definition) is 6. The van der Waals surface area contributed by atoms with Gasteiger partial charge in [0, 0.05) is 6.54 Å². The average molecular weight is 391 g/mol. The number of piperidine rings is 1. The van der Waals surface area contributed by atoms with Gasteiger partial charge in [0.2, 0.25) is 0 Å². The quantitative estimate of drug-likeness (QED) is 0.702. The SMILES string of the molecule is CC1CCN([C@@H]2[C@H](O)[C@H](CO)O[C@@H]2CNC(=O)c2cccs2)CC1.Cl. The number of hydrogen-bond donors (Lipinski definition) is 3. The number of halogens is 1. The van der Waals surface area contributed by atoms with Crippen molar-refractivity contribution in [1.29, 1.82) is 0 Å². The molecule has 0 spiro atoms. The van der Waals surface area contributed by atoms with Gasteiger partial charge in [-0.1, -0.05) is 13.0 Å². The second kappa shape index (κ2) is 9.30. The Balaban J connectivity index is 0.00000225. The Morgan fingerprint density at radius 1 is 1.40 bits per heavy atom. The van der Waals surface area contributed by atoms with E-state index in [0.29, 0.717) is 17.3 Å². The van der Waals surface area contributed by atoms with E-state index in [0.717, 1.165) is 25.9 Å². The van der Waals surface area contributed by atoms with E-state index in [1.807, 2.05) is 11.4 Å². The van der Waals surface area contributed by atoms with Crippen LogP contribution in [0.15, 0.2) is 17.5 Å². The third kappa shape index (κ3) is 4.72. The molecule has 0 unspecified atom stereocenters. The Kier molecular flexibility index (Phi) is 7.67. The van der Waals surface area contributed by atoms with Crippen LogP contribution in [0.4, 0.5) is 0 Å². The molecular weight excluding hydrogens is 364 g/mol. The van der Waals surface area contributed by atoms with E-state index >= 15 is 0 Å². The van der Waals surface area contributed by atoms with E-state index in [1.54, 1.807) is 6.07 Å². The van der Waals surface area contributed by atoms with Gasteiger partial charge < -0.3 is 20.3 Å². The molecule has 0 radical (unpaired) electrons. The fraction of sp³-hybridized carbons (Fsp3) is 0.706. The highest BCUT2D eigenvalue weighted by Crippen LogP contribution is 2.29. The number of amides is 1. The molecule has 2 aliphatic rings. The number of ether oxygens (including phenoxy) is 1. The molecule has 2 saturated heterocycles. The van der Waals surface area contributed by atoms with Crippen molar-refractivity contribution >= 4 is 29.7 Å². The van der Waals surface area contributed by atoms with E-state index in [-0.39, 0.29) is 37.1 Å².